The molecule has 0 radical (unpaired) electrons. The van der Waals surface area contributed by atoms with Gasteiger partial charge in [-0.2, -0.15) is 0 Å². The van der Waals surface area contributed by atoms with Crippen molar-refractivity contribution in [2.75, 3.05) is 20.3 Å². The molecule has 4 atom stereocenters. The predicted octanol–water partition coefficient (Wildman–Crippen LogP) is 0.312. The van der Waals surface area contributed by atoms with Crippen molar-refractivity contribution in [1.29, 1.82) is 0 Å². The number of Topliss-reactive ketones (excluding diaryl/α,β-unsaturated/α-hetero) is 2. The van der Waals surface area contributed by atoms with E-state index in [1.54, 1.807) is 14.0 Å². The molecule has 30 heavy (non-hydrogen) atoms. The Balaban J connectivity index is 1.53. The molecule has 0 spiro atoms. The van der Waals surface area contributed by atoms with Gasteiger partial charge in [-0.25, -0.2) is 4.79 Å². The molecule has 3 heterocycles. The van der Waals surface area contributed by atoms with E-state index in [1.807, 2.05) is 4.90 Å². The number of carbonyl (C=O) groups is 3. The third kappa shape index (κ3) is 2.58. The Morgan fingerprint density at radius 1 is 1.27 bits per heavy atom. The molecule has 0 aromatic heterocycles. The molecule has 0 unspecified atom stereocenters. The minimum atomic E-state index is -0.934. The van der Waals surface area contributed by atoms with Crippen LogP contribution in [0.4, 0.5) is 4.79 Å². The number of nitrogens with one attached hydrogen (secondary N) is 2. The second-order valence-corrected chi connectivity index (χ2v) is 8.90. The maximum Gasteiger partial charge on any atom is 0.404 e. The first-order valence-electron chi connectivity index (χ1n) is 10.7. The Bertz CT molecular complexity index is 890. The van der Waals surface area contributed by atoms with Crippen molar-refractivity contribution in [2.45, 2.75) is 62.9 Å². The van der Waals surface area contributed by atoms with Crippen molar-refractivity contribution in [3.63, 3.8) is 0 Å². The molecule has 0 aromatic carbocycles. The Labute approximate surface area is 175 Å². The molecule has 0 aromatic rings. The van der Waals surface area contributed by atoms with E-state index in [0.717, 1.165) is 25.7 Å². The molecule has 2 aliphatic carbocycles. The summed E-state index contributed by atoms with van der Waals surface area (Å²) < 4.78 is 11.1. The average molecular weight is 416 g/mol. The van der Waals surface area contributed by atoms with E-state index in [1.165, 1.54) is 6.42 Å². The fourth-order valence-corrected chi connectivity index (χ4v) is 5.92. The summed E-state index contributed by atoms with van der Waals surface area (Å²) in [4.78, 5) is 40.4. The number of hydrogen-bond acceptors (Lipinski definition) is 8. The molecule has 3 fully saturated rings. The maximum absolute atomic E-state index is 13.7. The van der Waals surface area contributed by atoms with E-state index in [4.69, 9.17) is 15.2 Å². The van der Waals surface area contributed by atoms with E-state index >= 15 is 0 Å². The van der Waals surface area contributed by atoms with Crippen LogP contribution in [-0.2, 0) is 19.1 Å². The van der Waals surface area contributed by atoms with Crippen molar-refractivity contribution in [3.05, 3.63) is 22.5 Å². The first-order chi connectivity index (χ1) is 14.4. The number of allylic oxidation sites excluding steroid dienone is 2. The van der Waals surface area contributed by atoms with Gasteiger partial charge in [0.25, 0.3) is 0 Å². The fraction of sp³-hybridized carbons (Fsp3) is 0.667. The minimum Gasteiger partial charge on any atom is -0.449 e. The third-order valence-electron chi connectivity index (χ3n) is 7.38. The maximum atomic E-state index is 13.7. The van der Waals surface area contributed by atoms with Gasteiger partial charge in [0.1, 0.15) is 6.61 Å². The number of ether oxygens (including phenoxy) is 2. The summed E-state index contributed by atoms with van der Waals surface area (Å²) in [6.07, 6.45) is 4.49. The summed E-state index contributed by atoms with van der Waals surface area (Å²) in [5, 5.41) is 6.73. The standard InChI is InChI=1S/C21H28N4O5/c1-10-15(23-11-6-4-3-5-7-11)18(27)14-12(9-30-20(22)28)21(29-2)19-13(24-19)8-25(21)16(14)17(10)26/h11-13,19,23-24H,3-9H2,1-2H3,(H2,22,28)/t12-,13+,19+,21-/m1/s1. The van der Waals surface area contributed by atoms with Gasteiger partial charge in [0.05, 0.1) is 23.4 Å². The lowest BCUT2D eigenvalue weighted by Crippen LogP contribution is -2.55. The highest BCUT2D eigenvalue weighted by Crippen LogP contribution is 2.55. The number of amides is 1. The van der Waals surface area contributed by atoms with E-state index in [-0.39, 0.29) is 36.3 Å². The first-order valence-corrected chi connectivity index (χ1v) is 10.7. The topological polar surface area (TPSA) is 133 Å². The van der Waals surface area contributed by atoms with Crippen LogP contribution in [0.15, 0.2) is 22.5 Å². The molecule has 162 valence electrons. The smallest absolute Gasteiger partial charge is 0.404 e. The van der Waals surface area contributed by atoms with Gasteiger partial charge in [-0.15, -0.1) is 0 Å². The van der Waals surface area contributed by atoms with Crippen LogP contribution in [0.2, 0.25) is 0 Å². The molecule has 5 aliphatic rings. The lowest BCUT2D eigenvalue weighted by molar-refractivity contribution is -0.137. The number of rotatable bonds is 5. The minimum absolute atomic E-state index is 0.0368. The number of carbonyl (C=O) groups excluding carboxylic acids is 3. The summed E-state index contributed by atoms with van der Waals surface area (Å²) in [7, 11) is 1.57. The van der Waals surface area contributed by atoms with Gasteiger partial charge in [0.15, 0.2) is 5.72 Å². The van der Waals surface area contributed by atoms with Crippen LogP contribution in [0, 0.1) is 5.92 Å². The highest BCUT2D eigenvalue weighted by Gasteiger charge is 2.72. The van der Waals surface area contributed by atoms with Crippen molar-refractivity contribution in [3.8, 4) is 0 Å². The van der Waals surface area contributed by atoms with Crippen LogP contribution in [0.5, 0.6) is 0 Å². The Hall–Kier alpha value is -2.39. The van der Waals surface area contributed by atoms with Crippen molar-refractivity contribution in [1.82, 2.24) is 15.5 Å². The van der Waals surface area contributed by atoms with Crippen LogP contribution in [0.3, 0.4) is 0 Å². The summed E-state index contributed by atoms with van der Waals surface area (Å²) in [5.41, 5.74) is 5.87. The van der Waals surface area contributed by atoms with Gasteiger partial charge >= 0.3 is 6.09 Å². The Kier molecular flexibility index (Phi) is 4.44. The van der Waals surface area contributed by atoms with Crippen LogP contribution in [0.25, 0.3) is 0 Å². The van der Waals surface area contributed by atoms with Gasteiger partial charge in [0, 0.05) is 36.9 Å². The number of ketones is 2. The van der Waals surface area contributed by atoms with Gasteiger partial charge in [-0.05, 0) is 19.8 Å². The molecule has 1 amide bonds. The van der Waals surface area contributed by atoms with Crippen molar-refractivity contribution in [2.24, 2.45) is 11.7 Å². The largest absolute Gasteiger partial charge is 0.449 e. The lowest BCUT2D eigenvalue weighted by atomic mass is 9.82. The normalized spacial score (nSPS) is 35.4. The molecule has 1 saturated carbocycles. The molecule has 9 heteroatoms. The second-order valence-electron chi connectivity index (χ2n) is 8.90. The number of nitrogens with two attached hydrogens (primary N) is 1. The van der Waals surface area contributed by atoms with E-state index in [2.05, 4.69) is 10.6 Å². The molecular weight excluding hydrogens is 388 g/mol. The van der Waals surface area contributed by atoms with E-state index in [0.29, 0.717) is 29.1 Å². The van der Waals surface area contributed by atoms with E-state index in [9.17, 15) is 14.4 Å². The molecule has 5 rings (SSSR count). The second kappa shape index (κ2) is 6.81. The van der Waals surface area contributed by atoms with Crippen LogP contribution < -0.4 is 16.4 Å². The van der Waals surface area contributed by atoms with Crippen molar-refractivity contribution < 1.29 is 23.9 Å². The Morgan fingerprint density at radius 2 is 2.00 bits per heavy atom. The molecule has 2 saturated heterocycles. The zero-order chi connectivity index (χ0) is 21.2. The monoisotopic (exact) mass is 416 g/mol. The van der Waals surface area contributed by atoms with Gasteiger partial charge in [0.2, 0.25) is 11.6 Å². The summed E-state index contributed by atoms with van der Waals surface area (Å²) >= 11 is 0. The van der Waals surface area contributed by atoms with E-state index < -0.39 is 17.7 Å². The van der Waals surface area contributed by atoms with Crippen molar-refractivity contribution >= 4 is 17.7 Å². The number of piperazine rings is 1. The number of primary amides is 1. The zero-order valence-electron chi connectivity index (χ0n) is 17.3. The fourth-order valence-electron chi connectivity index (χ4n) is 5.92. The van der Waals surface area contributed by atoms with Gasteiger partial charge in [-0.3, -0.25) is 9.59 Å². The SMILES string of the molecule is CO[C@@]12[C@H](COC(N)=O)C3=C(C(=O)C(C)=C(NC4CCCCC4)C3=O)N1C[C@@H]1N[C@@H]12. The van der Waals surface area contributed by atoms with Gasteiger partial charge < -0.3 is 30.7 Å². The molecule has 9 nitrogen and oxygen atoms in total. The third-order valence-corrected chi connectivity index (χ3v) is 7.38. The number of methoxy groups -OCH3 is 1. The molecular formula is C21H28N4O5. The number of hydrogen-bond donors (Lipinski definition) is 3. The first kappa shape index (κ1) is 19.6. The average Bonchev–Trinajstić information content (AvgIpc) is 3.35. The highest BCUT2D eigenvalue weighted by molar-refractivity contribution is 6.25. The lowest BCUT2D eigenvalue weighted by Gasteiger charge is -2.39. The van der Waals surface area contributed by atoms with Crippen LogP contribution in [-0.4, -0.2) is 66.7 Å². The Morgan fingerprint density at radius 3 is 2.67 bits per heavy atom. The molecule has 0 bridgehead atoms. The summed E-state index contributed by atoms with van der Waals surface area (Å²) in [6, 6.07) is 0.337. The zero-order valence-corrected chi connectivity index (χ0v) is 17.3. The summed E-state index contributed by atoms with van der Waals surface area (Å²) in [6.45, 7) is 2.17. The van der Waals surface area contributed by atoms with Gasteiger partial charge in [-0.1, -0.05) is 19.3 Å². The molecule has 3 aliphatic heterocycles. The van der Waals surface area contributed by atoms with Crippen LogP contribution in [0.1, 0.15) is 39.0 Å². The number of nitrogens with zero attached hydrogens (tertiary/aromatic N) is 1. The summed E-state index contributed by atoms with van der Waals surface area (Å²) in [5.74, 6) is -0.955. The predicted molar refractivity (Wildman–Crippen MR) is 106 cm³/mol. The van der Waals surface area contributed by atoms with Crippen LogP contribution >= 0.6 is 0 Å². The quantitative estimate of drug-likeness (QED) is 0.431. The molecule has 4 N–H and O–H groups in total. The number of fused-ring (bicyclic) bond motifs is 4. The highest BCUT2D eigenvalue weighted by atomic mass is 16.6.